The monoisotopic (exact) mass is 512 g/mol. The summed E-state index contributed by atoms with van der Waals surface area (Å²) in [5, 5.41) is 0. The van der Waals surface area contributed by atoms with E-state index in [1.807, 2.05) is 0 Å². The van der Waals surface area contributed by atoms with Crippen LogP contribution in [-0.4, -0.2) is 24.9 Å². The van der Waals surface area contributed by atoms with E-state index in [-0.39, 0.29) is 15.8 Å². The average molecular weight is 513 g/mol. The smallest absolute Gasteiger partial charge is 0.343 e. The quantitative estimate of drug-likeness (QED) is 0.161. The zero-order valence-electron chi connectivity index (χ0n) is 14.6. The van der Waals surface area contributed by atoms with Crippen LogP contribution < -0.4 is 9.47 Å². The molecule has 0 aliphatic heterocycles. The molecule has 0 saturated carbocycles. The van der Waals surface area contributed by atoms with E-state index in [1.54, 1.807) is 0 Å². The molecule has 13 heteroatoms. The molecule has 0 bridgehead atoms. The Morgan fingerprint density at radius 3 is 2.03 bits per heavy atom. The van der Waals surface area contributed by atoms with Gasteiger partial charge in [-0.1, -0.05) is 6.58 Å². The highest BCUT2D eigenvalue weighted by atomic mass is 79.9. The Kier molecular flexibility index (Phi) is 6.69. The van der Waals surface area contributed by atoms with Crippen molar-refractivity contribution in [3.8, 4) is 11.5 Å². The SMILES string of the molecule is C=C(C)C(=O)Oc1cc(C(=O)Oc2c(F)c(F)c(S(=O)(=O)O)c(F)c2F)ccc1Br. The van der Waals surface area contributed by atoms with E-state index in [9.17, 15) is 35.6 Å². The molecule has 0 spiro atoms. The van der Waals surface area contributed by atoms with Gasteiger partial charge in [0.1, 0.15) is 5.75 Å². The van der Waals surface area contributed by atoms with Gasteiger partial charge >= 0.3 is 22.1 Å². The Balaban J connectivity index is 2.47. The van der Waals surface area contributed by atoms with Gasteiger partial charge in [-0.2, -0.15) is 17.2 Å². The number of halogens is 5. The molecule has 1 N–H and O–H groups in total. The van der Waals surface area contributed by atoms with Crippen molar-refractivity contribution in [2.75, 3.05) is 0 Å². The van der Waals surface area contributed by atoms with E-state index in [0.717, 1.165) is 12.1 Å². The standard InChI is InChI=1S/C17H9BrF4O7S/c1-6(2)16(23)28-9-5-7(3-4-8(9)18)17(24)29-14-10(19)12(21)15(30(25,26)27)13(22)11(14)20/h3-5H,1H2,2H3,(H,25,26,27). The minimum absolute atomic E-state index is 0.0175. The van der Waals surface area contributed by atoms with Crippen LogP contribution in [0.2, 0.25) is 0 Å². The second kappa shape index (κ2) is 8.53. The Morgan fingerprint density at radius 2 is 1.57 bits per heavy atom. The summed E-state index contributed by atoms with van der Waals surface area (Å²) in [7, 11) is -5.67. The highest BCUT2D eigenvalue weighted by Gasteiger charge is 2.34. The molecule has 0 amide bonds. The van der Waals surface area contributed by atoms with E-state index < -0.39 is 61.5 Å². The molecule has 0 heterocycles. The lowest BCUT2D eigenvalue weighted by atomic mass is 10.2. The van der Waals surface area contributed by atoms with Crippen LogP contribution in [0.4, 0.5) is 17.6 Å². The minimum atomic E-state index is -5.67. The van der Waals surface area contributed by atoms with Gasteiger partial charge in [-0.3, -0.25) is 4.55 Å². The number of ether oxygens (including phenoxy) is 2. The third-order valence-corrected chi connectivity index (χ3v) is 4.88. The summed E-state index contributed by atoms with van der Waals surface area (Å²) in [6, 6.07) is 3.18. The maximum atomic E-state index is 14.0. The number of hydrogen-bond acceptors (Lipinski definition) is 6. The average Bonchev–Trinajstić information content (AvgIpc) is 2.64. The Morgan fingerprint density at radius 1 is 1.03 bits per heavy atom. The van der Waals surface area contributed by atoms with Crippen molar-refractivity contribution >= 4 is 38.0 Å². The van der Waals surface area contributed by atoms with Gasteiger partial charge in [-0.05, 0) is 41.1 Å². The van der Waals surface area contributed by atoms with Crippen LogP contribution in [0.1, 0.15) is 17.3 Å². The van der Waals surface area contributed by atoms with Gasteiger partial charge in [0.2, 0.25) is 17.4 Å². The first-order chi connectivity index (χ1) is 13.8. The maximum absolute atomic E-state index is 14.0. The molecule has 0 radical (unpaired) electrons. The highest BCUT2D eigenvalue weighted by molar-refractivity contribution is 9.10. The summed E-state index contributed by atoms with van der Waals surface area (Å²) in [6.45, 7) is 4.70. The lowest BCUT2D eigenvalue weighted by molar-refractivity contribution is -0.130. The summed E-state index contributed by atoms with van der Waals surface area (Å²) >= 11 is 3.03. The molecule has 160 valence electrons. The van der Waals surface area contributed by atoms with Gasteiger partial charge in [0.25, 0.3) is 0 Å². The molecular formula is C17H9BrF4O7S. The number of esters is 2. The fraction of sp³-hybridized carbons (Fsp3) is 0.0588. The van der Waals surface area contributed by atoms with E-state index >= 15 is 0 Å². The lowest BCUT2D eigenvalue weighted by Crippen LogP contribution is -2.16. The fourth-order valence-corrected chi connectivity index (χ4v) is 2.91. The molecule has 7 nitrogen and oxygen atoms in total. The number of carbonyl (C=O) groups is 2. The van der Waals surface area contributed by atoms with Crippen LogP contribution in [0.5, 0.6) is 11.5 Å². The highest BCUT2D eigenvalue weighted by Crippen LogP contribution is 2.33. The molecule has 2 rings (SSSR count). The van der Waals surface area contributed by atoms with Gasteiger partial charge in [0, 0.05) is 5.57 Å². The maximum Gasteiger partial charge on any atom is 0.343 e. The number of benzene rings is 2. The molecule has 2 aromatic rings. The van der Waals surface area contributed by atoms with Gasteiger partial charge < -0.3 is 9.47 Å². The summed E-state index contributed by atoms with van der Waals surface area (Å²) in [6.07, 6.45) is 0. The number of hydrogen-bond donors (Lipinski definition) is 1. The van der Waals surface area contributed by atoms with Crippen molar-refractivity contribution < 1.29 is 49.6 Å². The number of rotatable bonds is 5. The van der Waals surface area contributed by atoms with Crippen LogP contribution in [0, 0.1) is 23.3 Å². The summed E-state index contributed by atoms with van der Waals surface area (Å²) in [5.41, 5.74) is -0.440. The second-order valence-electron chi connectivity index (χ2n) is 5.59. The first-order valence-corrected chi connectivity index (χ1v) is 9.71. The first-order valence-electron chi connectivity index (χ1n) is 7.48. The van der Waals surface area contributed by atoms with Gasteiger partial charge in [-0.15, -0.1) is 0 Å². The predicted octanol–water partition coefficient (Wildman–Crippen LogP) is 3.95. The fourth-order valence-electron chi connectivity index (χ4n) is 1.95. The van der Waals surface area contributed by atoms with Gasteiger partial charge in [0.15, 0.2) is 16.5 Å². The first kappa shape index (κ1) is 23.5. The lowest BCUT2D eigenvalue weighted by Gasteiger charge is -2.12. The Hall–Kier alpha value is -2.77. The largest absolute Gasteiger partial charge is 0.422 e. The van der Waals surface area contributed by atoms with Gasteiger partial charge in [-0.25, -0.2) is 18.4 Å². The van der Waals surface area contributed by atoms with E-state index in [2.05, 4.69) is 27.2 Å². The summed E-state index contributed by atoms with van der Waals surface area (Å²) < 4.78 is 95.6. The summed E-state index contributed by atoms with van der Waals surface area (Å²) in [5.74, 6) is -14.2. The van der Waals surface area contributed by atoms with E-state index in [1.165, 1.54) is 13.0 Å². The second-order valence-corrected chi connectivity index (χ2v) is 7.81. The molecule has 0 unspecified atom stereocenters. The molecule has 0 saturated heterocycles. The molecule has 0 aliphatic carbocycles. The molecule has 0 aliphatic rings. The zero-order chi connectivity index (χ0) is 23.0. The van der Waals surface area contributed by atoms with Gasteiger partial charge in [0.05, 0.1) is 10.0 Å². The molecule has 0 aromatic heterocycles. The van der Waals surface area contributed by atoms with Crippen molar-refractivity contribution in [2.24, 2.45) is 0 Å². The number of carbonyl (C=O) groups excluding carboxylic acids is 2. The van der Waals surface area contributed by atoms with E-state index in [0.29, 0.717) is 0 Å². The van der Waals surface area contributed by atoms with Crippen molar-refractivity contribution in [2.45, 2.75) is 11.8 Å². The molecule has 2 aromatic carbocycles. The minimum Gasteiger partial charge on any atom is -0.422 e. The molecule has 30 heavy (non-hydrogen) atoms. The Bertz CT molecular complexity index is 1170. The predicted molar refractivity (Wildman–Crippen MR) is 95.6 cm³/mol. The van der Waals surface area contributed by atoms with Crippen LogP contribution in [0.25, 0.3) is 0 Å². The zero-order valence-corrected chi connectivity index (χ0v) is 17.0. The summed E-state index contributed by atoms with van der Waals surface area (Å²) in [4.78, 5) is 21.5. The van der Waals surface area contributed by atoms with Crippen LogP contribution in [0.3, 0.4) is 0 Å². The van der Waals surface area contributed by atoms with E-state index in [4.69, 9.17) is 9.29 Å². The van der Waals surface area contributed by atoms with Crippen molar-refractivity contribution in [1.82, 2.24) is 0 Å². The van der Waals surface area contributed by atoms with Crippen molar-refractivity contribution in [3.63, 3.8) is 0 Å². The molecule has 0 fully saturated rings. The third kappa shape index (κ3) is 4.68. The van der Waals surface area contributed by atoms with Crippen LogP contribution >= 0.6 is 15.9 Å². The van der Waals surface area contributed by atoms with Crippen molar-refractivity contribution in [1.29, 1.82) is 0 Å². The molecular weight excluding hydrogens is 504 g/mol. The van der Waals surface area contributed by atoms with Crippen LogP contribution in [-0.2, 0) is 14.9 Å². The normalized spacial score (nSPS) is 11.2. The van der Waals surface area contributed by atoms with Crippen LogP contribution in [0.15, 0.2) is 39.7 Å². The Labute approximate surface area is 174 Å². The third-order valence-electron chi connectivity index (χ3n) is 3.35. The topological polar surface area (TPSA) is 107 Å². The van der Waals surface area contributed by atoms with Crippen molar-refractivity contribution in [3.05, 3.63) is 63.7 Å². The molecule has 0 atom stereocenters.